The number of aliphatic hydroxyl groups excluding tert-OH is 1. The van der Waals surface area contributed by atoms with Gasteiger partial charge in [0.05, 0.1) is 12.3 Å². The summed E-state index contributed by atoms with van der Waals surface area (Å²) in [5, 5.41) is 9.10. The van der Waals surface area contributed by atoms with E-state index in [2.05, 4.69) is 4.72 Å². The van der Waals surface area contributed by atoms with E-state index in [0.717, 1.165) is 12.1 Å². The first-order chi connectivity index (χ1) is 8.27. The zero-order chi connectivity index (χ0) is 13.9. The van der Waals surface area contributed by atoms with Crippen LogP contribution in [0.5, 0.6) is 0 Å². The van der Waals surface area contributed by atoms with Gasteiger partial charge in [-0.3, -0.25) is 0 Å². The molecule has 0 aliphatic carbocycles. The van der Waals surface area contributed by atoms with Crippen molar-refractivity contribution in [2.45, 2.75) is 24.8 Å². The summed E-state index contributed by atoms with van der Waals surface area (Å²) < 4.78 is 39.4. The van der Waals surface area contributed by atoms with Gasteiger partial charge in [0, 0.05) is 6.04 Å². The predicted octanol–water partition coefficient (Wildman–Crippen LogP) is 0.703. The lowest BCUT2D eigenvalue weighted by molar-refractivity contribution is 0.227. The lowest BCUT2D eigenvalue weighted by Crippen LogP contribution is -2.41. The second-order valence-corrected chi connectivity index (χ2v) is 6.02. The maximum atomic E-state index is 13.1. The molecule has 0 amide bonds. The summed E-state index contributed by atoms with van der Waals surface area (Å²) in [5.74, 6) is -0.783. The van der Waals surface area contributed by atoms with E-state index in [1.807, 2.05) is 0 Å². The number of hydrogen-bond donors (Lipinski definition) is 3. The van der Waals surface area contributed by atoms with Gasteiger partial charge < -0.3 is 10.8 Å². The molecule has 0 spiro atoms. The molecule has 1 aromatic carbocycles. The third-order valence-electron chi connectivity index (χ3n) is 2.57. The Morgan fingerprint density at radius 3 is 2.56 bits per heavy atom. The number of hydrogen-bond acceptors (Lipinski definition) is 4. The van der Waals surface area contributed by atoms with Gasteiger partial charge >= 0.3 is 0 Å². The minimum Gasteiger partial charge on any atom is -0.398 e. The molecule has 18 heavy (non-hydrogen) atoms. The standard InChI is InChI=1S/C11H17FN2O3S/c1-7(2)10(6-15)14-18(16,17)11-5-8(12)3-4-9(11)13/h3-5,7,10,14-15H,6,13H2,1-2H3. The SMILES string of the molecule is CC(C)C(CO)NS(=O)(=O)c1cc(F)ccc1N. The quantitative estimate of drug-likeness (QED) is 0.690. The van der Waals surface area contributed by atoms with Crippen LogP contribution in [0.25, 0.3) is 0 Å². The zero-order valence-electron chi connectivity index (χ0n) is 10.2. The van der Waals surface area contributed by atoms with E-state index in [1.165, 1.54) is 6.07 Å². The van der Waals surface area contributed by atoms with Crippen LogP contribution in [0.4, 0.5) is 10.1 Å². The van der Waals surface area contributed by atoms with Crippen molar-refractivity contribution in [1.82, 2.24) is 4.72 Å². The van der Waals surface area contributed by atoms with Crippen LogP contribution in [0.1, 0.15) is 13.8 Å². The van der Waals surface area contributed by atoms with Crippen molar-refractivity contribution in [3.05, 3.63) is 24.0 Å². The van der Waals surface area contributed by atoms with E-state index in [9.17, 15) is 12.8 Å². The number of anilines is 1. The highest BCUT2D eigenvalue weighted by molar-refractivity contribution is 7.89. The summed E-state index contributed by atoms with van der Waals surface area (Å²) >= 11 is 0. The summed E-state index contributed by atoms with van der Waals surface area (Å²) in [4.78, 5) is -0.318. The number of nitrogen functional groups attached to an aromatic ring is 1. The van der Waals surface area contributed by atoms with Gasteiger partial charge in [-0.15, -0.1) is 0 Å². The van der Waals surface area contributed by atoms with E-state index in [0.29, 0.717) is 0 Å². The minimum atomic E-state index is -3.94. The molecule has 0 fully saturated rings. The third kappa shape index (κ3) is 3.41. The summed E-state index contributed by atoms with van der Waals surface area (Å²) in [6, 6.07) is 2.48. The van der Waals surface area contributed by atoms with Crippen LogP contribution in [-0.4, -0.2) is 26.2 Å². The molecule has 7 heteroatoms. The van der Waals surface area contributed by atoms with E-state index in [4.69, 9.17) is 10.8 Å². The molecule has 1 aromatic rings. The van der Waals surface area contributed by atoms with Gasteiger partial charge in [0.15, 0.2) is 0 Å². The van der Waals surface area contributed by atoms with Crippen LogP contribution in [-0.2, 0) is 10.0 Å². The highest BCUT2D eigenvalue weighted by atomic mass is 32.2. The normalized spacial score (nSPS) is 13.8. The molecule has 0 aromatic heterocycles. The van der Waals surface area contributed by atoms with Crippen molar-refractivity contribution in [3.8, 4) is 0 Å². The Morgan fingerprint density at radius 1 is 1.44 bits per heavy atom. The number of nitrogens with two attached hydrogens (primary N) is 1. The van der Waals surface area contributed by atoms with Gasteiger partial charge in [0.2, 0.25) is 10.0 Å². The molecule has 102 valence electrons. The minimum absolute atomic E-state index is 0.0376. The average molecular weight is 276 g/mol. The molecule has 1 rings (SSSR count). The summed E-state index contributed by atoms with van der Waals surface area (Å²) in [6.07, 6.45) is 0. The van der Waals surface area contributed by atoms with Crippen LogP contribution < -0.4 is 10.5 Å². The Hall–Kier alpha value is -1.18. The predicted molar refractivity (Wildman–Crippen MR) is 66.8 cm³/mol. The van der Waals surface area contributed by atoms with Crippen molar-refractivity contribution < 1.29 is 17.9 Å². The lowest BCUT2D eigenvalue weighted by Gasteiger charge is -2.20. The molecule has 1 atom stereocenters. The zero-order valence-corrected chi connectivity index (χ0v) is 11.0. The smallest absolute Gasteiger partial charge is 0.243 e. The van der Waals surface area contributed by atoms with Crippen molar-refractivity contribution in [2.75, 3.05) is 12.3 Å². The monoisotopic (exact) mass is 276 g/mol. The first-order valence-electron chi connectivity index (χ1n) is 5.46. The number of benzene rings is 1. The molecule has 0 bridgehead atoms. The fourth-order valence-corrected chi connectivity index (χ4v) is 2.91. The van der Waals surface area contributed by atoms with Crippen LogP contribution in [0.2, 0.25) is 0 Å². The fourth-order valence-electron chi connectivity index (χ4n) is 1.39. The van der Waals surface area contributed by atoms with Gasteiger partial charge in [-0.2, -0.15) is 0 Å². The van der Waals surface area contributed by atoms with Crippen molar-refractivity contribution in [2.24, 2.45) is 5.92 Å². The van der Waals surface area contributed by atoms with Crippen molar-refractivity contribution >= 4 is 15.7 Å². The number of sulfonamides is 1. The van der Waals surface area contributed by atoms with Gasteiger partial charge in [-0.05, 0) is 24.1 Å². The highest BCUT2D eigenvalue weighted by Crippen LogP contribution is 2.20. The first-order valence-corrected chi connectivity index (χ1v) is 6.94. The van der Waals surface area contributed by atoms with Gasteiger partial charge in [-0.1, -0.05) is 13.8 Å². The Labute approximate surface area is 106 Å². The summed E-state index contributed by atoms with van der Waals surface area (Å²) in [7, 11) is -3.94. The molecule has 0 saturated heterocycles. The molecule has 0 saturated carbocycles. The van der Waals surface area contributed by atoms with Crippen molar-refractivity contribution in [3.63, 3.8) is 0 Å². The molecule has 1 unspecified atom stereocenters. The molecule has 0 aliphatic rings. The van der Waals surface area contributed by atoms with E-state index in [-0.39, 0.29) is 23.1 Å². The number of nitrogens with one attached hydrogen (secondary N) is 1. The average Bonchev–Trinajstić information content (AvgIpc) is 2.28. The number of rotatable bonds is 5. The first kappa shape index (κ1) is 14.9. The van der Waals surface area contributed by atoms with E-state index in [1.54, 1.807) is 13.8 Å². The lowest BCUT2D eigenvalue weighted by atomic mass is 10.1. The fraction of sp³-hybridized carbons (Fsp3) is 0.455. The molecular weight excluding hydrogens is 259 g/mol. The van der Waals surface area contributed by atoms with E-state index >= 15 is 0 Å². The largest absolute Gasteiger partial charge is 0.398 e. The highest BCUT2D eigenvalue weighted by Gasteiger charge is 2.24. The summed E-state index contributed by atoms with van der Waals surface area (Å²) in [5.41, 5.74) is 5.48. The van der Waals surface area contributed by atoms with Crippen molar-refractivity contribution in [1.29, 1.82) is 0 Å². The number of halogens is 1. The molecule has 0 heterocycles. The van der Waals surface area contributed by atoms with Gasteiger partial charge in [0.25, 0.3) is 0 Å². The van der Waals surface area contributed by atoms with Crippen LogP contribution in [0.15, 0.2) is 23.1 Å². The Morgan fingerprint density at radius 2 is 2.06 bits per heavy atom. The second kappa shape index (κ2) is 5.64. The van der Waals surface area contributed by atoms with Gasteiger partial charge in [0.1, 0.15) is 10.7 Å². The maximum absolute atomic E-state index is 13.1. The Bertz CT molecular complexity index is 517. The van der Waals surface area contributed by atoms with Crippen LogP contribution >= 0.6 is 0 Å². The molecule has 5 nitrogen and oxygen atoms in total. The van der Waals surface area contributed by atoms with Crippen LogP contribution in [0.3, 0.4) is 0 Å². The van der Waals surface area contributed by atoms with Crippen LogP contribution in [0, 0.1) is 11.7 Å². The third-order valence-corrected chi connectivity index (χ3v) is 4.12. The summed E-state index contributed by atoms with van der Waals surface area (Å²) in [6.45, 7) is 3.18. The number of aliphatic hydroxyl groups is 1. The van der Waals surface area contributed by atoms with E-state index < -0.39 is 21.9 Å². The van der Waals surface area contributed by atoms with Gasteiger partial charge in [-0.25, -0.2) is 17.5 Å². The molecule has 4 N–H and O–H groups in total. The second-order valence-electron chi connectivity index (χ2n) is 4.34. The molecule has 0 aliphatic heterocycles. The molecule has 0 radical (unpaired) electrons. The maximum Gasteiger partial charge on any atom is 0.243 e. The topological polar surface area (TPSA) is 92.4 Å². The Balaban J connectivity index is 3.10. The Kier molecular flexibility index (Phi) is 4.66. The molecular formula is C11H17FN2O3S.